The second-order valence-corrected chi connectivity index (χ2v) is 5.47. The number of nitrogens with one attached hydrogen (secondary N) is 1. The average Bonchev–Trinajstić information content (AvgIpc) is 2.75. The van der Waals surface area contributed by atoms with Crippen molar-refractivity contribution in [3.63, 3.8) is 0 Å². The summed E-state index contributed by atoms with van der Waals surface area (Å²) in [7, 11) is 0. The number of aryl methyl sites for hydroxylation is 1. The normalized spacial score (nSPS) is 15.1. The van der Waals surface area contributed by atoms with E-state index in [-0.39, 0.29) is 5.91 Å². The molecule has 0 fully saturated rings. The second kappa shape index (κ2) is 5.09. The van der Waals surface area contributed by atoms with Crippen LogP contribution in [0.1, 0.15) is 21.7 Å². The minimum atomic E-state index is -0.181. The number of fused-ring (bicyclic) bond motifs is 1. The van der Waals surface area contributed by atoms with Crippen molar-refractivity contribution in [2.45, 2.75) is 20.1 Å². The molecule has 0 spiro atoms. The van der Waals surface area contributed by atoms with Gasteiger partial charge in [-0.15, -0.1) is 0 Å². The Bertz CT molecular complexity index is 663. The molecule has 0 saturated carbocycles. The number of halogens is 2. The first-order chi connectivity index (χ1) is 9.54. The molecule has 3 rings (SSSR count). The number of benzene rings is 1. The quantitative estimate of drug-likeness (QED) is 0.927. The summed E-state index contributed by atoms with van der Waals surface area (Å²) in [5, 5.41) is 7.17. The van der Waals surface area contributed by atoms with Gasteiger partial charge in [-0.3, -0.25) is 10.2 Å². The van der Waals surface area contributed by atoms with Crippen molar-refractivity contribution < 1.29 is 4.79 Å². The summed E-state index contributed by atoms with van der Waals surface area (Å²) in [5.41, 5.74) is 4.96. The molecule has 1 aliphatic rings. The highest BCUT2D eigenvalue weighted by Crippen LogP contribution is 2.26. The molecule has 2 aromatic rings. The van der Waals surface area contributed by atoms with Crippen molar-refractivity contribution >= 4 is 29.1 Å². The van der Waals surface area contributed by atoms with Crippen LogP contribution in [0, 0.1) is 6.92 Å². The number of nitrogens with zero attached hydrogens (tertiary/aromatic N) is 3. The lowest BCUT2D eigenvalue weighted by Gasteiger charge is -2.28. The Morgan fingerprint density at radius 2 is 2.05 bits per heavy atom. The number of carbonyl (C=O) groups is 1. The fraction of sp³-hybridized carbons (Fsp3) is 0.231. The second-order valence-electron chi connectivity index (χ2n) is 4.65. The summed E-state index contributed by atoms with van der Waals surface area (Å²) in [6.07, 6.45) is 0. The third-order valence-electron chi connectivity index (χ3n) is 3.11. The van der Waals surface area contributed by atoms with Crippen LogP contribution in [0.4, 0.5) is 0 Å². The van der Waals surface area contributed by atoms with Crippen LogP contribution in [0.3, 0.4) is 0 Å². The van der Waals surface area contributed by atoms with E-state index in [9.17, 15) is 4.79 Å². The van der Waals surface area contributed by atoms with Gasteiger partial charge < -0.3 is 0 Å². The lowest BCUT2D eigenvalue weighted by Crippen LogP contribution is -2.48. The Morgan fingerprint density at radius 3 is 2.75 bits per heavy atom. The van der Waals surface area contributed by atoms with E-state index in [1.54, 1.807) is 34.0 Å². The molecular weight excluding hydrogens is 299 g/mol. The molecule has 0 aliphatic carbocycles. The fourth-order valence-corrected chi connectivity index (χ4v) is 2.71. The Kier molecular flexibility index (Phi) is 3.41. The van der Waals surface area contributed by atoms with E-state index in [2.05, 4.69) is 10.5 Å². The van der Waals surface area contributed by atoms with Gasteiger partial charge in [0.15, 0.2) is 0 Å². The van der Waals surface area contributed by atoms with Crippen molar-refractivity contribution in [3.8, 4) is 0 Å². The molecule has 0 saturated heterocycles. The third-order valence-corrected chi connectivity index (χ3v) is 3.82. The van der Waals surface area contributed by atoms with Crippen molar-refractivity contribution in [2.24, 2.45) is 0 Å². The van der Waals surface area contributed by atoms with Crippen LogP contribution in [-0.2, 0) is 13.2 Å². The van der Waals surface area contributed by atoms with Gasteiger partial charge in [0.05, 0.1) is 5.69 Å². The zero-order valence-electron chi connectivity index (χ0n) is 10.7. The van der Waals surface area contributed by atoms with Gasteiger partial charge in [0.25, 0.3) is 5.91 Å². The Balaban J connectivity index is 1.85. The Labute approximate surface area is 126 Å². The standard InChI is InChI=1S/C13H12Cl2N4O/c1-8-5-12-13(20)17-18(7-19(12)16-8)6-9-10(14)3-2-4-11(9)15/h2-5H,6-7H2,1H3,(H,17,20). The molecule has 0 unspecified atom stereocenters. The lowest BCUT2D eigenvalue weighted by atomic mass is 10.2. The zero-order valence-corrected chi connectivity index (χ0v) is 12.2. The maximum absolute atomic E-state index is 12.0. The van der Waals surface area contributed by atoms with Gasteiger partial charge >= 0.3 is 0 Å². The van der Waals surface area contributed by atoms with Crippen LogP contribution >= 0.6 is 23.2 Å². The molecule has 1 aromatic heterocycles. The molecule has 0 radical (unpaired) electrons. The van der Waals surface area contributed by atoms with Gasteiger partial charge in [0, 0.05) is 22.2 Å². The molecule has 0 bridgehead atoms. The number of rotatable bonds is 2. The Morgan fingerprint density at radius 1 is 1.35 bits per heavy atom. The number of aromatic nitrogens is 2. The highest BCUT2D eigenvalue weighted by molar-refractivity contribution is 6.35. The van der Waals surface area contributed by atoms with Gasteiger partial charge in [0.2, 0.25) is 0 Å². The first-order valence-corrected chi connectivity index (χ1v) is 6.83. The maximum Gasteiger partial charge on any atom is 0.283 e. The number of carbonyl (C=O) groups excluding carboxylic acids is 1. The highest BCUT2D eigenvalue weighted by Gasteiger charge is 2.24. The summed E-state index contributed by atoms with van der Waals surface area (Å²) < 4.78 is 1.67. The van der Waals surface area contributed by atoms with Crippen LogP contribution in [0.15, 0.2) is 24.3 Å². The van der Waals surface area contributed by atoms with Crippen LogP contribution < -0.4 is 5.43 Å². The van der Waals surface area contributed by atoms with E-state index in [4.69, 9.17) is 23.2 Å². The van der Waals surface area contributed by atoms with E-state index in [1.165, 1.54) is 0 Å². The molecule has 1 aromatic carbocycles. The van der Waals surface area contributed by atoms with Crippen molar-refractivity contribution in [3.05, 3.63) is 51.3 Å². The van der Waals surface area contributed by atoms with E-state index < -0.39 is 0 Å². The summed E-state index contributed by atoms with van der Waals surface area (Å²) in [4.78, 5) is 12.0. The molecule has 2 heterocycles. The molecule has 1 amide bonds. The van der Waals surface area contributed by atoms with Crippen LogP contribution in [0.25, 0.3) is 0 Å². The van der Waals surface area contributed by atoms with Gasteiger partial charge in [0.1, 0.15) is 12.4 Å². The van der Waals surface area contributed by atoms with Gasteiger partial charge in [-0.05, 0) is 25.1 Å². The predicted molar refractivity (Wildman–Crippen MR) is 76.4 cm³/mol. The minimum absolute atomic E-state index is 0.181. The smallest absolute Gasteiger partial charge is 0.281 e. The van der Waals surface area contributed by atoms with Crippen LogP contribution in [0.5, 0.6) is 0 Å². The molecule has 20 heavy (non-hydrogen) atoms. The number of hydrazine groups is 1. The molecule has 0 atom stereocenters. The third kappa shape index (κ3) is 2.40. The SMILES string of the molecule is Cc1cc2n(n1)CN(Cc1c(Cl)cccc1Cl)NC2=O. The fourth-order valence-electron chi connectivity index (χ4n) is 2.20. The minimum Gasteiger partial charge on any atom is -0.281 e. The largest absolute Gasteiger partial charge is 0.283 e. The van der Waals surface area contributed by atoms with Crippen molar-refractivity contribution in [2.75, 3.05) is 0 Å². The monoisotopic (exact) mass is 310 g/mol. The zero-order chi connectivity index (χ0) is 14.3. The summed E-state index contributed by atoms with van der Waals surface area (Å²) in [6, 6.07) is 7.10. The molecule has 104 valence electrons. The summed E-state index contributed by atoms with van der Waals surface area (Å²) in [6.45, 7) is 2.73. The molecule has 1 N–H and O–H groups in total. The first-order valence-electron chi connectivity index (χ1n) is 6.08. The van der Waals surface area contributed by atoms with E-state index in [0.717, 1.165) is 11.3 Å². The van der Waals surface area contributed by atoms with Gasteiger partial charge in [-0.25, -0.2) is 4.68 Å². The first kappa shape index (κ1) is 13.4. The average molecular weight is 311 g/mol. The van der Waals surface area contributed by atoms with Crippen molar-refractivity contribution in [1.29, 1.82) is 0 Å². The van der Waals surface area contributed by atoms with Crippen LogP contribution in [-0.4, -0.2) is 20.7 Å². The highest BCUT2D eigenvalue weighted by atomic mass is 35.5. The predicted octanol–water partition coefficient (Wildman–Crippen LogP) is 2.62. The van der Waals surface area contributed by atoms with E-state index in [1.807, 2.05) is 6.92 Å². The van der Waals surface area contributed by atoms with E-state index in [0.29, 0.717) is 29.0 Å². The van der Waals surface area contributed by atoms with E-state index >= 15 is 0 Å². The Hall–Kier alpha value is -1.56. The summed E-state index contributed by atoms with van der Waals surface area (Å²) in [5.74, 6) is -0.181. The molecule has 7 heteroatoms. The van der Waals surface area contributed by atoms with Crippen LogP contribution in [0.2, 0.25) is 10.0 Å². The van der Waals surface area contributed by atoms with Gasteiger partial charge in [-0.1, -0.05) is 29.3 Å². The topological polar surface area (TPSA) is 50.2 Å². The van der Waals surface area contributed by atoms with Gasteiger partial charge in [-0.2, -0.15) is 10.1 Å². The lowest BCUT2D eigenvalue weighted by molar-refractivity contribution is 0.0567. The van der Waals surface area contributed by atoms with Crippen molar-refractivity contribution in [1.82, 2.24) is 20.2 Å². The molecule has 1 aliphatic heterocycles. The molecular formula is C13H12Cl2N4O. The number of amides is 1. The number of hydrogen-bond acceptors (Lipinski definition) is 3. The summed E-state index contributed by atoms with van der Waals surface area (Å²) >= 11 is 12.3. The molecule has 5 nitrogen and oxygen atoms in total. The number of hydrogen-bond donors (Lipinski definition) is 1. The maximum atomic E-state index is 12.0.